The van der Waals surface area contributed by atoms with E-state index in [-0.39, 0.29) is 5.91 Å². The van der Waals surface area contributed by atoms with E-state index in [1.54, 1.807) is 11.8 Å². The van der Waals surface area contributed by atoms with E-state index in [0.717, 1.165) is 47.1 Å². The molecule has 0 saturated carbocycles. The van der Waals surface area contributed by atoms with Crippen LogP contribution in [0, 0.1) is 0 Å². The summed E-state index contributed by atoms with van der Waals surface area (Å²) < 4.78 is 5.68. The van der Waals surface area contributed by atoms with Crippen molar-refractivity contribution in [3.8, 4) is 0 Å². The molecule has 1 aliphatic carbocycles. The van der Waals surface area contributed by atoms with E-state index in [1.807, 2.05) is 61.5 Å². The maximum atomic E-state index is 13.2. The maximum absolute atomic E-state index is 13.2. The smallest absolute Gasteiger partial charge is 0.339 e. The van der Waals surface area contributed by atoms with Crippen molar-refractivity contribution in [2.45, 2.75) is 39.2 Å². The highest BCUT2D eigenvalue weighted by Gasteiger charge is 2.29. The van der Waals surface area contributed by atoms with Crippen LogP contribution >= 0.6 is 0 Å². The SMILES string of the molecule is CCN(C(=O)[C@@H](C)OC(=O)c1c2c(nc3ccccc13)CCC2)c1ccccc1. The number of likely N-dealkylation sites (N-methyl/N-ethyl adjacent to an activating group) is 1. The quantitative estimate of drug-likeness (QED) is 0.611. The lowest BCUT2D eigenvalue weighted by Crippen LogP contribution is -2.40. The summed E-state index contributed by atoms with van der Waals surface area (Å²) in [4.78, 5) is 32.5. The summed E-state index contributed by atoms with van der Waals surface area (Å²) in [5, 5.41) is 0.785. The second kappa shape index (κ2) is 8.03. The predicted molar refractivity (Wildman–Crippen MR) is 113 cm³/mol. The molecule has 1 aliphatic rings. The minimum absolute atomic E-state index is 0.234. The van der Waals surface area contributed by atoms with Crippen LogP contribution in [-0.2, 0) is 22.4 Å². The number of hydrogen-bond acceptors (Lipinski definition) is 4. The number of carbonyl (C=O) groups is 2. The first-order valence-corrected chi connectivity index (χ1v) is 10.1. The Hall–Kier alpha value is -3.21. The molecule has 2 aromatic carbocycles. The minimum atomic E-state index is -0.883. The third kappa shape index (κ3) is 3.60. The van der Waals surface area contributed by atoms with Gasteiger partial charge in [0.05, 0.1) is 11.1 Å². The van der Waals surface area contributed by atoms with Gasteiger partial charge in [0, 0.05) is 23.3 Å². The first kappa shape index (κ1) is 19.1. The van der Waals surface area contributed by atoms with E-state index < -0.39 is 12.1 Å². The molecule has 0 aliphatic heterocycles. The predicted octanol–water partition coefficient (Wildman–Crippen LogP) is 4.32. The van der Waals surface area contributed by atoms with Crippen LogP contribution < -0.4 is 4.90 Å². The van der Waals surface area contributed by atoms with Crippen LogP contribution in [0.25, 0.3) is 10.9 Å². The molecule has 0 spiro atoms. The van der Waals surface area contributed by atoms with E-state index in [2.05, 4.69) is 0 Å². The summed E-state index contributed by atoms with van der Waals surface area (Å²) >= 11 is 0. The van der Waals surface area contributed by atoms with Crippen LogP contribution in [0.1, 0.15) is 41.9 Å². The van der Waals surface area contributed by atoms with E-state index in [9.17, 15) is 9.59 Å². The number of pyridine rings is 1. The molecule has 148 valence electrons. The zero-order valence-electron chi connectivity index (χ0n) is 16.7. The van der Waals surface area contributed by atoms with Crippen molar-refractivity contribution in [1.29, 1.82) is 0 Å². The lowest BCUT2D eigenvalue weighted by atomic mass is 10.0. The minimum Gasteiger partial charge on any atom is -0.449 e. The number of hydrogen-bond donors (Lipinski definition) is 0. The Morgan fingerprint density at radius 2 is 1.79 bits per heavy atom. The van der Waals surface area contributed by atoms with Crippen molar-refractivity contribution >= 4 is 28.5 Å². The Morgan fingerprint density at radius 3 is 2.55 bits per heavy atom. The normalized spacial score (nSPS) is 13.7. The summed E-state index contributed by atoms with van der Waals surface area (Å²) in [7, 11) is 0. The summed E-state index contributed by atoms with van der Waals surface area (Å²) in [6.45, 7) is 4.04. The number of aryl methyl sites for hydroxylation is 1. The summed E-state index contributed by atoms with van der Waals surface area (Å²) in [6.07, 6.45) is 1.77. The van der Waals surface area contributed by atoms with Gasteiger partial charge in [0.15, 0.2) is 6.10 Å². The van der Waals surface area contributed by atoms with Gasteiger partial charge in [-0.3, -0.25) is 9.78 Å². The van der Waals surface area contributed by atoms with Gasteiger partial charge in [0.1, 0.15) is 0 Å². The third-order valence-corrected chi connectivity index (χ3v) is 5.41. The Bertz CT molecular complexity index is 1060. The molecule has 5 heteroatoms. The Kier molecular flexibility index (Phi) is 5.30. The summed E-state index contributed by atoms with van der Waals surface area (Å²) in [6, 6.07) is 17.0. The maximum Gasteiger partial charge on any atom is 0.339 e. The third-order valence-electron chi connectivity index (χ3n) is 5.41. The molecule has 1 heterocycles. The van der Waals surface area contributed by atoms with E-state index in [1.165, 1.54) is 0 Å². The fraction of sp³-hybridized carbons (Fsp3) is 0.292. The average molecular weight is 388 g/mol. The van der Waals surface area contributed by atoms with Gasteiger partial charge >= 0.3 is 5.97 Å². The van der Waals surface area contributed by atoms with Crippen molar-refractivity contribution in [2.24, 2.45) is 0 Å². The number of carbonyl (C=O) groups excluding carboxylic acids is 2. The van der Waals surface area contributed by atoms with Gasteiger partial charge in [0.25, 0.3) is 5.91 Å². The fourth-order valence-electron chi connectivity index (χ4n) is 4.01. The molecule has 0 radical (unpaired) electrons. The number of benzene rings is 2. The van der Waals surface area contributed by atoms with Gasteiger partial charge in [-0.2, -0.15) is 0 Å². The van der Waals surface area contributed by atoms with Gasteiger partial charge in [-0.05, 0) is 56.9 Å². The second-order valence-electron chi connectivity index (χ2n) is 7.25. The number of ether oxygens (including phenoxy) is 1. The molecule has 3 aromatic rings. The lowest BCUT2D eigenvalue weighted by molar-refractivity contribution is -0.126. The van der Waals surface area contributed by atoms with Crippen LogP contribution in [0.3, 0.4) is 0 Å². The number of esters is 1. The fourth-order valence-corrected chi connectivity index (χ4v) is 4.01. The molecule has 0 bridgehead atoms. The van der Waals surface area contributed by atoms with Crippen LogP contribution in [0.4, 0.5) is 5.69 Å². The highest BCUT2D eigenvalue weighted by Crippen LogP contribution is 2.30. The number of fused-ring (bicyclic) bond motifs is 2. The molecule has 0 unspecified atom stereocenters. The number of para-hydroxylation sites is 2. The van der Waals surface area contributed by atoms with Crippen molar-refractivity contribution in [3.05, 3.63) is 71.4 Å². The lowest BCUT2D eigenvalue weighted by Gasteiger charge is -2.24. The molecule has 0 N–H and O–H groups in total. The van der Waals surface area contributed by atoms with Gasteiger partial charge in [-0.15, -0.1) is 0 Å². The molecule has 29 heavy (non-hydrogen) atoms. The highest BCUT2D eigenvalue weighted by atomic mass is 16.5. The largest absolute Gasteiger partial charge is 0.449 e. The molecular weight excluding hydrogens is 364 g/mol. The van der Waals surface area contributed by atoms with Gasteiger partial charge in [0.2, 0.25) is 0 Å². The van der Waals surface area contributed by atoms with Crippen LogP contribution in [0.2, 0.25) is 0 Å². The molecule has 1 atom stereocenters. The standard InChI is InChI=1S/C24H24N2O3/c1-3-26(17-10-5-4-6-11-17)23(27)16(2)29-24(28)22-18-12-7-8-14-20(18)25-21-15-9-13-19(21)22/h4-8,10-12,14,16H,3,9,13,15H2,1-2H3/t16-/m1/s1. The summed E-state index contributed by atoms with van der Waals surface area (Å²) in [5.74, 6) is -0.686. The van der Waals surface area contributed by atoms with Gasteiger partial charge in [-0.1, -0.05) is 36.4 Å². The van der Waals surface area contributed by atoms with Crippen LogP contribution in [0.5, 0.6) is 0 Å². The Morgan fingerprint density at radius 1 is 1.07 bits per heavy atom. The van der Waals surface area contributed by atoms with E-state index in [0.29, 0.717) is 12.1 Å². The topological polar surface area (TPSA) is 59.5 Å². The first-order valence-electron chi connectivity index (χ1n) is 10.1. The van der Waals surface area contributed by atoms with Gasteiger partial charge in [-0.25, -0.2) is 4.79 Å². The average Bonchev–Trinajstić information content (AvgIpc) is 3.21. The zero-order valence-corrected chi connectivity index (χ0v) is 16.7. The molecule has 5 nitrogen and oxygen atoms in total. The second-order valence-corrected chi connectivity index (χ2v) is 7.25. The molecule has 0 fully saturated rings. The van der Waals surface area contributed by atoms with Crippen LogP contribution in [-0.4, -0.2) is 29.5 Å². The Balaban J connectivity index is 1.62. The van der Waals surface area contributed by atoms with Crippen molar-refractivity contribution in [3.63, 3.8) is 0 Å². The van der Waals surface area contributed by atoms with Crippen molar-refractivity contribution < 1.29 is 14.3 Å². The number of aromatic nitrogens is 1. The molecule has 4 rings (SSSR count). The van der Waals surface area contributed by atoms with Crippen molar-refractivity contribution in [2.75, 3.05) is 11.4 Å². The van der Waals surface area contributed by atoms with Crippen molar-refractivity contribution in [1.82, 2.24) is 4.98 Å². The number of rotatable bonds is 5. The van der Waals surface area contributed by atoms with Crippen LogP contribution in [0.15, 0.2) is 54.6 Å². The van der Waals surface area contributed by atoms with E-state index in [4.69, 9.17) is 9.72 Å². The van der Waals surface area contributed by atoms with E-state index >= 15 is 0 Å². The first-order chi connectivity index (χ1) is 14.1. The molecule has 0 saturated heterocycles. The number of amides is 1. The summed E-state index contributed by atoms with van der Waals surface area (Å²) in [5.41, 5.74) is 4.07. The number of anilines is 1. The van der Waals surface area contributed by atoms with Gasteiger partial charge < -0.3 is 9.64 Å². The molecule has 1 aromatic heterocycles. The zero-order chi connectivity index (χ0) is 20.4. The number of nitrogens with zero attached hydrogens (tertiary/aromatic N) is 2. The molecular formula is C24H24N2O3. The Labute approximate surface area is 170 Å². The monoisotopic (exact) mass is 388 g/mol. The highest BCUT2D eigenvalue weighted by molar-refractivity contribution is 6.06. The molecule has 1 amide bonds.